The summed E-state index contributed by atoms with van der Waals surface area (Å²) in [5.41, 5.74) is 5.34. The first-order valence-corrected chi connectivity index (χ1v) is 6.56. The lowest BCUT2D eigenvalue weighted by Gasteiger charge is -2.02. The molecule has 1 aliphatic heterocycles. The third-order valence-corrected chi connectivity index (χ3v) is 3.43. The molecule has 0 aliphatic carbocycles. The topological polar surface area (TPSA) is 90.1 Å². The van der Waals surface area contributed by atoms with Gasteiger partial charge in [-0.05, 0) is 25.8 Å². The van der Waals surface area contributed by atoms with Gasteiger partial charge in [-0.25, -0.2) is 0 Å². The number of nitrogens with one attached hydrogen (secondary N) is 1. The molecule has 0 aromatic carbocycles. The van der Waals surface area contributed by atoms with E-state index < -0.39 is 0 Å². The maximum absolute atomic E-state index is 11.4. The first-order valence-electron chi connectivity index (χ1n) is 5.74. The Morgan fingerprint density at radius 3 is 3.18 bits per heavy atom. The highest BCUT2D eigenvalue weighted by molar-refractivity contribution is 7.15. The summed E-state index contributed by atoms with van der Waals surface area (Å²) in [6.45, 7) is 1.30. The van der Waals surface area contributed by atoms with Crippen LogP contribution in [0.25, 0.3) is 0 Å². The molecule has 1 unspecified atom stereocenters. The number of aromatic nitrogens is 2. The predicted molar refractivity (Wildman–Crippen MR) is 64.8 cm³/mol. The Labute approximate surface area is 104 Å². The van der Waals surface area contributed by atoms with Crippen molar-refractivity contribution >= 4 is 22.4 Å². The third kappa shape index (κ3) is 3.45. The van der Waals surface area contributed by atoms with Crippen LogP contribution in [0, 0.1) is 0 Å². The van der Waals surface area contributed by atoms with E-state index in [1.54, 1.807) is 0 Å². The number of ether oxygens (including phenoxy) is 1. The molecule has 3 N–H and O–H groups in total. The van der Waals surface area contributed by atoms with Crippen LogP contribution in [-0.4, -0.2) is 29.3 Å². The zero-order valence-electron chi connectivity index (χ0n) is 9.52. The molecule has 0 spiro atoms. The molecule has 1 atom stereocenters. The number of carbonyl (C=O) groups is 1. The highest BCUT2D eigenvalue weighted by Crippen LogP contribution is 2.31. The number of amides is 1. The first-order chi connectivity index (χ1) is 8.29. The molecule has 1 saturated heterocycles. The monoisotopic (exact) mass is 256 g/mol. The molecular weight excluding hydrogens is 240 g/mol. The first kappa shape index (κ1) is 12.4. The van der Waals surface area contributed by atoms with Gasteiger partial charge >= 0.3 is 0 Å². The number of carbonyl (C=O) groups excluding carboxylic acids is 1. The number of nitrogens with two attached hydrogens (primary N) is 1. The summed E-state index contributed by atoms with van der Waals surface area (Å²) in [6, 6.07) is 0. The maximum atomic E-state index is 11.4. The average molecular weight is 256 g/mol. The Balaban J connectivity index is 1.87. The second kappa shape index (κ2) is 6.04. The van der Waals surface area contributed by atoms with Gasteiger partial charge in [0.1, 0.15) is 11.1 Å². The van der Waals surface area contributed by atoms with E-state index in [2.05, 4.69) is 15.5 Å². The zero-order chi connectivity index (χ0) is 12.1. The van der Waals surface area contributed by atoms with E-state index in [0.717, 1.165) is 24.5 Å². The summed E-state index contributed by atoms with van der Waals surface area (Å²) >= 11 is 1.38. The molecule has 1 aliphatic rings. The fraction of sp³-hybridized carbons (Fsp3) is 0.700. The van der Waals surface area contributed by atoms with Crippen LogP contribution >= 0.6 is 11.3 Å². The van der Waals surface area contributed by atoms with Crippen molar-refractivity contribution in [3.05, 3.63) is 5.01 Å². The van der Waals surface area contributed by atoms with E-state index in [-0.39, 0.29) is 12.0 Å². The summed E-state index contributed by atoms with van der Waals surface area (Å²) in [5, 5.41) is 12.1. The Kier molecular flexibility index (Phi) is 4.41. The molecule has 2 rings (SSSR count). The van der Waals surface area contributed by atoms with Gasteiger partial charge < -0.3 is 15.8 Å². The minimum absolute atomic E-state index is 0.0576. The predicted octanol–water partition coefficient (Wildman–Crippen LogP) is 1.07. The van der Waals surface area contributed by atoms with Gasteiger partial charge in [-0.2, -0.15) is 0 Å². The lowest BCUT2D eigenvalue weighted by molar-refractivity contribution is -0.116. The second-order valence-corrected chi connectivity index (χ2v) is 4.90. The summed E-state index contributed by atoms with van der Waals surface area (Å²) in [4.78, 5) is 11.4. The van der Waals surface area contributed by atoms with Gasteiger partial charge in [0, 0.05) is 13.0 Å². The van der Waals surface area contributed by atoms with Gasteiger partial charge in [0.2, 0.25) is 11.0 Å². The second-order valence-electron chi connectivity index (χ2n) is 3.89. The highest BCUT2D eigenvalue weighted by Gasteiger charge is 2.22. The molecule has 1 aromatic rings. The fourth-order valence-electron chi connectivity index (χ4n) is 1.63. The summed E-state index contributed by atoms with van der Waals surface area (Å²) < 4.78 is 5.50. The molecule has 6 nitrogen and oxygen atoms in total. The molecule has 94 valence electrons. The van der Waals surface area contributed by atoms with Crippen LogP contribution in [0.1, 0.15) is 36.8 Å². The molecule has 17 heavy (non-hydrogen) atoms. The van der Waals surface area contributed by atoms with E-state index in [0.29, 0.717) is 24.5 Å². The van der Waals surface area contributed by atoms with Crippen LogP contribution in [0.4, 0.5) is 5.13 Å². The summed E-state index contributed by atoms with van der Waals surface area (Å²) in [5.74, 6) is -0.0644. The number of anilines is 1. The van der Waals surface area contributed by atoms with Gasteiger partial charge in [0.15, 0.2) is 0 Å². The SMILES string of the molecule is NCCCC(=O)Nc1nnc(C2CCCO2)s1. The molecule has 1 aromatic heterocycles. The van der Waals surface area contributed by atoms with Crippen molar-refractivity contribution < 1.29 is 9.53 Å². The maximum Gasteiger partial charge on any atom is 0.226 e. The van der Waals surface area contributed by atoms with Gasteiger partial charge in [-0.15, -0.1) is 10.2 Å². The zero-order valence-corrected chi connectivity index (χ0v) is 10.3. The molecule has 0 radical (unpaired) electrons. The largest absolute Gasteiger partial charge is 0.371 e. The number of hydrogen-bond donors (Lipinski definition) is 2. The van der Waals surface area contributed by atoms with Gasteiger partial charge in [-0.3, -0.25) is 4.79 Å². The number of nitrogens with zero attached hydrogens (tertiary/aromatic N) is 2. The van der Waals surface area contributed by atoms with E-state index >= 15 is 0 Å². The molecule has 0 saturated carbocycles. The van der Waals surface area contributed by atoms with E-state index in [9.17, 15) is 4.79 Å². The fourth-order valence-corrected chi connectivity index (χ4v) is 2.48. The molecule has 7 heteroatoms. The van der Waals surface area contributed by atoms with Gasteiger partial charge in [0.05, 0.1) is 0 Å². The standard InChI is InChI=1S/C10H16N4O2S/c11-5-1-4-8(15)12-10-14-13-9(17-10)7-3-2-6-16-7/h7H,1-6,11H2,(H,12,14,15). The smallest absolute Gasteiger partial charge is 0.226 e. The molecule has 1 fully saturated rings. The lowest BCUT2D eigenvalue weighted by atomic mass is 10.2. The van der Waals surface area contributed by atoms with Crippen LogP contribution in [0.2, 0.25) is 0 Å². The van der Waals surface area contributed by atoms with Crippen molar-refractivity contribution in [2.24, 2.45) is 5.73 Å². The van der Waals surface area contributed by atoms with E-state index in [4.69, 9.17) is 10.5 Å². The third-order valence-electron chi connectivity index (χ3n) is 2.50. The quantitative estimate of drug-likeness (QED) is 0.822. The number of rotatable bonds is 5. The van der Waals surface area contributed by atoms with Crippen molar-refractivity contribution in [1.29, 1.82) is 0 Å². The molecular formula is C10H16N4O2S. The van der Waals surface area contributed by atoms with Crippen LogP contribution in [0.3, 0.4) is 0 Å². The van der Waals surface area contributed by atoms with Crippen molar-refractivity contribution in [2.45, 2.75) is 31.8 Å². The van der Waals surface area contributed by atoms with Gasteiger partial charge in [-0.1, -0.05) is 11.3 Å². The molecule has 1 amide bonds. The van der Waals surface area contributed by atoms with Gasteiger partial charge in [0.25, 0.3) is 0 Å². The normalized spacial score (nSPS) is 19.5. The van der Waals surface area contributed by atoms with E-state index in [1.807, 2.05) is 0 Å². The van der Waals surface area contributed by atoms with E-state index in [1.165, 1.54) is 11.3 Å². The van der Waals surface area contributed by atoms with Crippen molar-refractivity contribution in [1.82, 2.24) is 10.2 Å². The van der Waals surface area contributed by atoms with Crippen molar-refractivity contribution in [3.8, 4) is 0 Å². The molecule has 2 heterocycles. The van der Waals surface area contributed by atoms with Crippen LogP contribution in [-0.2, 0) is 9.53 Å². The Hall–Kier alpha value is -1.05. The Bertz CT molecular complexity index is 376. The minimum atomic E-state index is -0.0644. The summed E-state index contributed by atoms with van der Waals surface area (Å²) in [6.07, 6.45) is 3.20. The lowest BCUT2D eigenvalue weighted by Crippen LogP contribution is -2.13. The summed E-state index contributed by atoms with van der Waals surface area (Å²) in [7, 11) is 0. The Morgan fingerprint density at radius 1 is 1.59 bits per heavy atom. The van der Waals surface area contributed by atoms with Crippen molar-refractivity contribution in [3.63, 3.8) is 0 Å². The van der Waals surface area contributed by atoms with Crippen LogP contribution < -0.4 is 11.1 Å². The highest BCUT2D eigenvalue weighted by atomic mass is 32.1. The Morgan fingerprint density at radius 2 is 2.47 bits per heavy atom. The van der Waals surface area contributed by atoms with Crippen LogP contribution in [0.15, 0.2) is 0 Å². The number of hydrogen-bond acceptors (Lipinski definition) is 6. The van der Waals surface area contributed by atoms with Crippen molar-refractivity contribution in [2.75, 3.05) is 18.5 Å². The average Bonchev–Trinajstić information content (AvgIpc) is 2.95. The van der Waals surface area contributed by atoms with Crippen LogP contribution in [0.5, 0.6) is 0 Å². The molecule has 0 bridgehead atoms. The minimum Gasteiger partial charge on any atom is -0.371 e.